The van der Waals surface area contributed by atoms with Crippen molar-refractivity contribution in [2.45, 2.75) is 187 Å². The molecule has 0 aliphatic heterocycles. The second-order valence-electron chi connectivity index (χ2n) is 11.4. The Labute approximate surface area is 304 Å². The fourth-order valence-corrected chi connectivity index (χ4v) is 4.73. The zero-order chi connectivity index (χ0) is 29.7. The number of hydrogen-bond acceptors (Lipinski definition) is 7. The fourth-order valence-electron chi connectivity index (χ4n) is 4.73. The first-order valence-electron chi connectivity index (χ1n) is 16.6. The first-order chi connectivity index (χ1) is 19.4. The Bertz CT molecular complexity index is 674. The number of carbonyl (C=O) groups is 4. The van der Waals surface area contributed by atoms with Crippen LogP contribution in [-0.4, -0.2) is 29.9 Å². The maximum Gasteiger partial charge on any atom is 1.00 e. The van der Waals surface area contributed by atoms with Crippen LogP contribution in [0.15, 0.2) is 0 Å². The van der Waals surface area contributed by atoms with Crippen LogP contribution in [0.25, 0.3) is 0 Å². The summed E-state index contributed by atoms with van der Waals surface area (Å²) >= 11 is 0. The van der Waals surface area contributed by atoms with Crippen LogP contribution in [0.5, 0.6) is 0 Å². The third kappa shape index (κ3) is 33.1. The van der Waals surface area contributed by atoms with Crippen molar-refractivity contribution in [2.24, 2.45) is 5.73 Å². The molecule has 9 heteroatoms. The molecule has 0 aromatic carbocycles. The molecule has 0 fully saturated rings. The van der Waals surface area contributed by atoms with Gasteiger partial charge in [-0.15, -0.1) is 0 Å². The molecule has 238 valence electrons. The Hall–Kier alpha value is 0.240. The number of nitrogens with two attached hydrogens (primary N) is 1. The van der Waals surface area contributed by atoms with Crippen LogP contribution in [-0.2, 0) is 28.7 Å². The van der Waals surface area contributed by atoms with Gasteiger partial charge < -0.3 is 18.1 Å². The van der Waals surface area contributed by atoms with Crippen LogP contribution in [0, 0.1) is 0 Å². The van der Waals surface area contributed by atoms with Gasteiger partial charge in [0.15, 0.2) is 0 Å². The van der Waals surface area contributed by atoms with E-state index in [-0.39, 0.29) is 87.7 Å². The number of hydrogen-bond donors (Lipinski definition) is 1. The van der Waals surface area contributed by atoms with Gasteiger partial charge in [0.05, 0.1) is 0 Å². The summed E-state index contributed by atoms with van der Waals surface area (Å²) in [4.78, 5) is 47.7. The Balaban J connectivity index is -0.00000127. The van der Waals surface area contributed by atoms with Crippen LogP contribution < -0.4 is 64.8 Å². The minimum Gasteiger partial charge on any atom is -1.00 e. The van der Waals surface area contributed by atoms with Gasteiger partial charge in [-0.1, -0.05) is 142 Å². The summed E-state index contributed by atoms with van der Waals surface area (Å²) in [7, 11) is 0. The molecular weight excluding hydrogens is 552 g/mol. The van der Waals surface area contributed by atoms with Gasteiger partial charge in [0.2, 0.25) is 0 Å². The molecule has 2 N–H and O–H groups in total. The number of esters is 4. The minimum atomic E-state index is -1.10. The van der Waals surface area contributed by atoms with E-state index in [0.717, 1.165) is 25.7 Å². The Morgan fingerprint density at radius 1 is 0.476 bits per heavy atom. The quantitative estimate of drug-likeness (QED) is 0.0624. The Morgan fingerprint density at radius 3 is 1.12 bits per heavy atom. The average Bonchev–Trinajstić information content (AvgIpc) is 2.93. The smallest absolute Gasteiger partial charge is 1.00 e. The van der Waals surface area contributed by atoms with Crippen LogP contribution in [0.2, 0.25) is 0 Å². The van der Waals surface area contributed by atoms with Gasteiger partial charge in [0.25, 0.3) is 0 Å². The molecule has 0 spiro atoms. The second kappa shape index (κ2) is 35.7. The predicted octanol–water partition coefficient (Wildman–Crippen LogP) is 2.87. The first kappa shape index (κ1) is 46.7. The van der Waals surface area contributed by atoms with E-state index in [0.29, 0.717) is 12.8 Å². The van der Waals surface area contributed by atoms with Crippen molar-refractivity contribution in [3.63, 3.8) is 0 Å². The average molecular weight is 616 g/mol. The Kier molecular flexibility index (Phi) is 39.7. The van der Waals surface area contributed by atoms with Crippen molar-refractivity contribution in [2.75, 3.05) is 0 Å². The molecule has 0 saturated carbocycles. The number of ether oxygens (including phenoxy) is 2. The molecule has 0 bridgehead atoms. The van der Waals surface area contributed by atoms with Gasteiger partial charge in [-0.05, 0) is 19.3 Å². The van der Waals surface area contributed by atoms with Crippen molar-refractivity contribution < 1.29 is 90.6 Å². The van der Waals surface area contributed by atoms with Crippen LogP contribution >= 0.6 is 0 Å². The summed E-state index contributed by atoms with van der Waals surface area (Å²) in [5.41, 5.74) is 5.76. The van der Waals surface area contributed by atoms with E-state index in [9.17, 15) is 19.2 Å². The number of unbranched alkanes of at least 4 members (excludes halogenated alkanes) is 20. The molecule has 0 aliphatic rings. The van der Waals surface area contributed by atoms with Crippen LogP contribution in [0.3, 0.4) is 0 Å². The normalized spacial score (nSPS) is 11.2. The predicted molar refractivity (Wildman–Crippen MR) is 164 cm³/mol. The molecule has 0 aromatic heterocycles. The first-order valence-corrected chi connectivity index (χ1v) is 16.6. The van der Waals surface area contributed by atoms with Crippen molar-refractivity contribution in [3.8, 4) is 0 Å². The number of carbonyl (C=O) groups excluding carboxylic acids is 4. The summed E-state index contributed by atoms with van der Waals surface area (Å²) in [6.45, 7) is 4.45. The number of rotatable bonds is 28. The van der Waals surface area contributed by atoms with Gasteiger partial charge in [0.1, 0.15) is 6.04 Å². The Morgan fingerprint density at radius 2 is 0.762 bits per heavy atom. The molecule has 1 atom stereocenters. The van der Waals surface area contributed by atoms with E-state index in [1.807, 2.05) is 0 Å². The van der Waals surface area contributed by atoms with Gasteiger partial charge in [-0.3, -0.25) is 14.4 Å². The van der Waals surface area contributed by atoms with E-state index < -0.39 is 29.9 Å². The SMILES string of the molecule is CCCCCCCCCCCCCC(=O)OC(=O)CC[C@H](N)C(=O)OC(=O)CCCCCCCCCCCCC.[H-].[H-].[Na+].[Na+]. The molecule has 0 unspecified atom stereocenters. The van der Waals surface area contributed by atoms with Crippen molar-refractivity contribution in [3.05, 3.63) is 0 Å². The molecule has 0 saturated heterocycles. The standard InChI is InChI=1S/C33H61NO6.2Na.2H/c1-3-5-7-9-11-13-15-17-19-21-23-25-30(35)39-32(37)28-27-29(34)33(38)40-31(36)26-24-22-20-18-16-14-12-10-8-6-4-2;;;;/h29H,3-28,34H2,1-2H3;;;;/q;2*+1;2*-1/t29-;;;;/m0..../s1. The summed E-state index contributed by atoms with van der Waals surface area (Å²) < 4.78 is 9.64. The molecule has 0 amide bonds. The molecule has 0 heterocycles. The molecule has 0 aromatic rings. The minimum absolute atomic E-state index is 0. The van der Waals surface area contributed by atoms with Gasteiger partial charge in [-0.25, -0.2) is 4.79 Å². The van der Waals surface area contributed by atoms with E-state index in [2.05, 4.69) is 13.8 Å². The molecule has 0 rings (SSSR count). The molecular formula is C33H63NNa2O6. The van der Waals surface area contributed by atoms with Gasteiger partial charge in [0, 0.05) is 19.3 Å². The van der Waals surface area contributed by atoms with Crippen molar-refractivity contribution in [1.29, 1.82) is 0 Å². The zero-order valence-corrected chi connectivity index (χ0v) is 32.0. The van der Waals surface area contributed by atoms with Crippen molar-refractivity contribution >= 4 is 23.9 Å². The second-order valence-corrected chi connectivity index (χ2v) is 11.4. The van der Waals surface area contributed by atoms with E-state index in [1.54, 1.807) is 0 Å². The molecule has 7 nitrogen and oxygen atoms in total. The molecule has 42 heavy (non-hydrogen) atoms. The van der Waals surface area contributed by atoms with E-state index in [4.69, 9.17) is 15.2 Å². The van der Waals surface area contributed by atoms with Gasteiger partial charge in [-0.2, -0.15) is 0 Å². The summed E-state index contributed by atoms with van der Waals surface area (Å²) in [6.07, 6.45) is 26.2. The topological polar surface area (TPSA) is 113 Å². The van der Waals surface area contributed by atoms with Gasteiger partial charge >= 0.3 is 83.0 Å². The monoisotopic (exact) mass is 615 g/mol. The largest absolute Gasteiger partial charge is 1.00 e. The van der Waals surface area contributed by atoms with Crippen LogP contribution in [0.4, 0.5) is 0 Å². The maximum atomic E-state index is 12.0. The zero-order valence-electron chi connectivity index (χ0n) is 30.0. The van der Waals surface area contributed by atoms with E-state index >= 15 is 0 Å². The van der Waals surface area contributed by atoms with E-state index in [1.165, 1.54) is 103 Å². The summed E-state index contributed by atoms with van der Waals surface area (Å²) in [5, 5.41) is 0. The molecule has 0 aliphatic carbocycles. The maximum absolute atomic E-state index is 12.0. The summed E-state index contributed by atoms with van der Waals surface area (Å²) in [6, 6.07) is -1.10. The third-order valence-electron chi connectivity index (χ3n) is 7.37. The summed E-state index contributed by atoms with van der Waals surface area (Å²) in [5.74, 6) is -2.67. The third-order valence-corrected chi connectivity index (χ3v) is 7.37. The van der Waals surface area contributed by atoms with Crippen molar-refractivity contribution in [1.82, 2.24) is 0 Å². The fraction of sp³-hybridized carbons (Fsp3) is 0.879. The molecule has 0 radical (unpaired) electrons. The van der Waals surface area contributed by atoms with Crippen LogP contribution in [0.1, 0.15) is 184 Å².